The highest BCUT2D eigenvalue weighted by Crippen LogP contribution is 2.40. The Morgan fingerprint density at radius 1 is 1.35 bits per heavy atom. The fourth-order valence-corrected chi connectivity index (χ4v) is 4.15. The first-order valence-electron chi connectivity index (χ1n) is 7.56. The van der Waals surface area contributed by atoms with Crippen molar-refractivity contribution in [1.82, 2.24) is 4.90 Å². The molecule has 4 heteroatoms. The molecule has 1 fully saturated rings. The van der Waals surface area contributed by atoms with Crippen LogP contribution in [0.25, 0.3) is 0 Å². The molecule has 1 unspecified atom stereocenters. The Balaban J connectivity index is 1.93. The first-order valence-corrected chi connectivity index (χ1v) is 8.01. The Morgan fingerprint density at radius 3 is 2.75 bits per heavy atom. The van der Waals surface area contributed by atoms with E-state index >= 15 is 0 Å². The minimum absolute atomic E-state index is 0.588. The summed E-state index contributed by atoms with van der Waals surface area (Å²) in [6.45, 7) is 6.60. The molecule has 0 bridgehead atoms. The standard InChI is InChI=1S/C16H23BN2S/c1-9-10(2)16(20)14(17)15-13(9)11(8-18-15)7-12-5-4-6-19(12)3/h11-12,18,20H,4-8H2,1-3H3/t11?,12-/m1/s1. The fourth-order valence-electron chi connectivity index (χ4n) is 3.87. The van der Waals surface area contributed by atoms with Crippen LogP contribution in [0.3, 0.4) is 0 Å². The van der Waals surface area contributed by atoms with E-state index in [4.69, 9.17) is 7.85 Å². The molecule has 1 aromatic rings. The van der Waals surface area contributed by atoms with Gasteiger partial charge in [0.05, 0.1) is 0 Å². The van der Waals surface area contributed by atoms with Crippen molar-refractivity contribution in [3.8, 4) is 0 Å². The van der Waals surface area contributed by atoms with Crippen LogP contribution < -0.4 is 10.8 Å². The van der Waals surface area contributed by atoms with Crippen molar-refractivity contribution < 1.29 is 0 Å². The Kier molecular flexibility index (Phi) is 3.80. The zero-order valence-electron chi connectivity index (χ0n) is 12.7. The third kappa shape index (κ3) is 2.17. The molecule has 2 heterocycles. The fraction of sp³-hybridized carbons (Fsp3) is 0.625. The maximum absolute atomic E-state index is 6.25. The summed E-state index contributed by atoms with van der Waals surface area (Å²) < 4.78 is 0. The van der Waals surface area contributed by atoms with Gasteiger partial charge in [0.15, 0.2) is 0 Å². The predicted octanol–water partition coefficient (Wildman–Crippen LogP) is 2.38. The molecule has 106 valence electrons. The summed E-state index contributed by atoms with van der Waals surface area (Å²) in [5.74, 6) is 0.588. The summed E-state index contributed by atoms with van der Waals surface area (Å²) in [6.07, 6.45) is 3.91. The number of nitrogens with one attached hydrogen (secondary N) is 1. The highest BCUT2D eigenvalue weighted by Gasteiger charge is 2.32. The van der Waals surface area contributed by atoms with Gasteiger partial charge in [0.25, 0.3) is 0 Å². The number of nitrogens with zero attached hydrogens (tertiary/aromatic N) is 1. The molecule has 2 radical (unpaired) electrons. The molecular formula is C16H23BN2S. The van der Waals surface area contributed by atoms with Crippen molar-refractivity contribution in [3.63, 3.8) is 0 Å². The molecule has 20 heavy (non-hydrogen) atoms. The topological polar surface area (TPSA) is 15.3 Å². The molecule has 0 aliphatic carbocycles. The Hall–Kier alpha value is -0.605. The minimum Gasteiger partial charge on any atom is -0.385 e. The molecule has 0 amide bonds. The maximum Gasteiger partial charge on any atom is 0.118 e. The zero-order chi connectivity index (χ0) is 14.4. The smallest absolute Gasteiger partial charge is 0.118 e. The van der Waals surface area contributed by atoms with E-state index in [2.05, 4.69) is 43.7 Å². The van der Waals surface area contributed by atoms with E-state index in [1.165, 1.54) is 42.5 Å². The van der Waals surface area contributed by atoms with Gasteiger partial charge in [0.2, 0.25) is 0 Å². The average Bonchev–Trinajstić information content (AvgIpc) is 3.02. The van der Waals surface area contributed by atoms with Gasteiger partial charge in [-0.15, -0.1) is 12.6 Å². The van der Waals surface area contributed by atoms with Gasteiger partial charge in [-0.2, -0.15) is 0 Å². The van der Waals surface area contributed by atoms with Crippen LogP contribution in [0.2, 0.25) is 0 Å². The lowest BCUT2D eigenvalue weighted by molar-refractivity contribution is 0.285. The molecule has 1 saturated heterocycles. The van der Waals surface area contributed by atoms with Gasteiger partial charge in [0.1, 0.15) is 7.85 Å². The molecule has 2 aliphatic rings. The minimum atomic E-state index is 0.588. The lowest BCUT2D eigenvalue weighted by Gasteiger charge is -2.24. The molecule has 2 nitrogen and oxygen atoms in total. The van der Waals surface area contributed by atoms with Crippen LogP contribution in [0, 0.1) is 13.8 Å². The molecule has 0 saturated carbocycles. The number of anilines is 1. The lowest BCUT2D eigenvalue weighted by Crippen LogP contribution is -2.27. The van der Waals surface area contributed by atoms with Crippen LogP contribution >= 0.6 is 12.6 Å². The van der Waals surface area contributed by atoms with Gasteiger partial charge >= 0.3 is 0 Å². The first-order chi connectivity index (χ1) is 9.50. The van der Waals surface area contributed by atoms with Gasteiger partial charge in [-0.1, -0.05) is 5.46 Å². The quantitative estimate of drug-likeness (QED) is 0.641. The zero-order valence-corrected chi connectivity index (χ0v) is 13.6. The van der Waals surface area contributed by atoms with Crippen LogP contribution in [0.4, 0.5) is 5.69 Å². The van der Waals surface area contributed by atoms with E-state index in [1.54, 1.807) is 0 Å². The number of thiol groups is 1. The summed E-state index contributed by atoms with van der Waals surface area (Å²) in [7, 11) is 8.51. The molecule has 2 aliphatic heterocycles. The van der Waals surface area contributed by atoms with E-state index in [9.17, 15) is 0 Å². The van der Waals surface area contributed by atoms with Crippen molar-refractivity contribution in [2.24, 2.45) is 0 Å². The van der Waals surface area contributed by atoms with Crippen LogP contribution in [0.1, 0.15) is 41.9 Å². The van der Waals surface area contributed by atoms with Crippen molar-refractivity contribution in [2.75, 3.05) is 25.5 Å². The van der Waals surface area contributed by atoms with E-state index in [1.807, 2.05) is 0 Å². The monoisotopic (exact) mass is 286 g/mol. The molecule has 2 atom stereocenters. The maximum atomic E-state index is 6.25. The summed E-state index contributed by atoms with van der Waals surface area (Å²) in [5, 5.41) is 3.52. The van der Waals surface area contributed by atoms with Crippen molar-refractivity contribution in [1.29, 1.82) is 0 Å². The predicted molar refractivity (Wildman–Crippen MR) is 90.1 cm³/mol. The van der Waals surface area contributed by atoms with Gasteiger partial charge in [-0.25, -0.2) is 0 Å². The number of rotatable bonds is 2. The third-order valence-corrected chi connectivity index (χ3v) is 5.85. The summed E-state index contributed by atoms with van der Waals surface area (Å²) in [4.78, 5) is 3.45. The summed E-state index contributed by atoms with van der Waals surface area (Å²) in [6, 6.07) is 0.726. The van der Waals surface area contributed by atoms with E-state index < -0.39 is 0 Å². The van der Waals surface area contributed by atoms with Crippen LogP contribution in [0.15, 0.2) is 4.90 Å². The molecule has 3 rings (SSSR count). The van der Waals surface area contributed by atoms with Crippen molar-refractivity contribution in [3.05, 3.63) is 16.7 Å². The third-order valence-electron chi connectivity index (χ3n) is 5.28. The average molecular weight is 286 g/mol. The Morgan fingerprint density at radius 2 is 2.10 bits per heavy atom. The normalized spacial score (nSPS) is 25.8. The van der Waals surface area contributed by atoms with Crippen LogP contribution in [0.5, 0.6) is 0 Å². The Bertz CT molecular complexity index is 544. The van der Waals surface area contributed by atoms with Gasteiger partial charge in [-0.3, -0.25) is 0 Å². The van der Waals surface area contributed by atoms with Crippen molar-refractivity contribution in [2.45, 2.75) is 50.0 Å². The van der Waals surface area contributed by atoms with E-state index in [-0.39, 0.29) is 0 Å². The number of likely N-dealkylation sites (tertiary alicyclic amines) is 1. The highest BCUT2D eigenvalue weighted by molar-refractivity contribution is 7.80. The van der Waals surface area contributed by atoms with Gasteiger partial charge in [0, 0.05) is 29.1 Å². The SMILES string of the molecule is [B]c1c(S)c(C)c(C)c2c1NCC2C[C@H]1CCCN1C. The van der Waals surface area contributed by atoms with E-state index in [0.717, 1.165) is 28.6 Å². The first kappa shape index (κ1) is 14.3. The summed E-state index contributed by atoms with van der Waals surface area (Å²) in [5.41, 5.74) is 6.02. The molecule has 0 aromatic heterocycles. The molecular weight excluding hydrogens is 263 g/mol. The highest BCUT2D eigenvalue weighted by atomic mass is 32.1. The van der Waals surface area contributed by atoms with Crippen LogP contribution in [-0.4, -0.2) is 38.9 Å². The van der Waals surface area contributed by atoms with Crippen molar-refractivity contribution >= 4 is 31.6 Å². The number of hydrogen-bond acceptors (Lipinski definition) is 3. The Labute approximate surface area is 129 Å². The van der Waals surface area contributed by atoms with E-state index in [0.29, 0.717) is 5.92 Å². The van der Waals surface area contributed by atoms with Crippen LogP contribution in [-0.2, 0) is 0 Å². The molecule has 1 N–H and O–H groups in total. The lowest BCUT2D eigenvalue weighted by atomic mass is 9.82. The number of benzene rings is 1. The van der Waals surface area contributed by atoms with Gasteiger partial charge < -0.3 is 10.2 Å². The number of fused-ring (bicyclic) bond motifs is 1. The largest absolute Gasteiger partial charge is 0.385 e. The summed E-state index contributed by atoms with van der Waals surface area (Å²) >= 11 is 4.57. The second-order valence-corrected chi connectivity index (χ2v) is 6.84. The second-order valence-electron chi connectivity index (χ2n) is 6.39. The number of hydrogen-bond donors (Lipinski definition) is 2. The second kappa shape index (κ2) is 5.30. The molecule has 1 aromatic carbocycles. The van der Waals surface area contributed by atoms with Gasteiger partial charge in [-0.05, 0) is 63.4 Å². The molecule has 0 spiro atoms.